The fourth-order valence-electron chi connectivity index (χ4n) is 3.07. The molecular formula is C20H34IN5O2. The van der Waals surface area contributed by atoms with E-state index >= 15 is 0 Å². The molecule has 2 rings (SSSR count). The monoisotopic (exact) mass is 503 g/mol. The second kappa shape index (κ2) is 13.6. The maximum Gasteiger partial charge on any atom is 0.241 e. The van der Waals surface area contributed by atoms with Gasteiger partial charge >= 0.3 is 0 Å². The van der Waals surface area contributed by atoms with Crippen LogP contribution in [0.4, 0.5) is 5.69 Å². The molecule has 1 amide bonds. The zero-order valence-electron chi connectivity index (χ0n) is 17.2. The second-order valence-corrected chi connectivity index (χ2v) is 6.69. The number of methoxy groups -OCH3 is 1. The van der Waals surface area contributed by atoms with E-state index in [-0.39, 0.29) is 42.5 Å². The fourth-order valence-corrected chi connectivity index (χ4v) is 3.07. The molecule has 0 spiro atoms. The number of amides is 1. The number of hydrogen-bond acceptors (Lipinski definition) is 4. The number of carbonyl (C=O) groups is 1. The third-order valence-corrected chi connectivity index (χ3v) is 4.55. The average Bonchev–Trinajstić information content (AvgIpc) is 3.21. The van der Waals surface area contributed by atoms with Crippen LogP contribution in [-0.2, 0) is 9.53 Å². The van der Waals surface area contributed by atoms with Gasteiger partial charge in [-0.05, 0) is 44.4 Å². The lowest BCUT2D eigenvalue weighted by molar-refractivity contribution is -0.119. The van der Waals surface area contributed by atoms with Gasteiger partial charge in [-0.2, -0.15) is 0 Å². The molecule has 1 heterocycles. The van der Waals surface area contributed by atoms with Crippen LogP contribution in [0.3, 0.4) is 0 Å². The van der Waals surface area contributed by atoms with Crippen LogP contribution < -0.4 is 20.9 Å². The van der Waals surface area contributed by atoms with Crippen molar-refractivity contribution in [3.05, 3.63) is 29.8 Å². The minimum atomic E-state index is -0.118. The van der Waals surface area contributed by atoms with E-state index in [1.165, 1.54) is 24.1 Å². The Hall–Kier alpha value is -1.55. The molecule has 0 radical (unpaired) electrons. The van der Waals surface area contributed by atoms with Gasteiger partial charge in [-0.15, -0.1) is 24.0 Å². The molecule has 0 bridgehead atoms. The molecule has 0 saturated carbocycles. The number of benzene rings is 1. The fraction of sp³-hybridized carbons (Fsp3) is 0.600. The maximum absolute atomic E-state index is 11.8. The second-order valence-electron chi connectivity index (χ2n) is 6.69. The van der Waals surface area contributed by atoms with E-state index in [1.54, 1.807) is 7.11 Å². The molecule has 0 aromatic heterocycles. The number of nitrogens with zero attached hydrogens (tertiary/aromatic N) is 2. The summed E-state index contributed by atoms with van der Waals surface area (Å²) in [6, 6.07) is 8.73. The van der Waals surface area contributed by atoms with Crippen molar-refractivity contribution in [1.29, 1.82) is 0 Å². The van der Waals surface area contributed by atoms with Crippen molar-refractivity contribution in [2.24, 2.45) is 4.99 Å². The lowest BCUT2D eigenvalue weighted by Gasteiger charge is -2.22. The van der Waals surface area contributed by atoms with Crippen molar-refractivity contribution in [2.75, 3.05) is 51.3 Å². The first-order valence-corrected chi connectivity index (χ1v) is 9.79. The van der Waals surface area contributed by atoms with Crippen molar-refractivity contribution in [2.45, 2.75) is 32.7 Å². The molecule has 3 N–H and O–H groups in total. The van der Waals surface area contributed by atoms with E-state index < -0.39 is 0 Å². The number of ether oxygens (including phenoxy) is 1. The van der Waals surface area contributed by atoms with Crippen molar-refractivity contribution >= 4 is 41.5 Å². The molecule has 1 aliphatic rings. The highest BCUT2D eigenvalue weighted by Crippen LogP contribution is 2.23. The molecule has 1 aliphatic heterocycles. The standard InChI is InChI=1S/C20H33N5O2.HI/c1-4-21-20(23-15-19(26)22-10-13-27-3)24-16(2)17-8-7-9-18(14-17)25-11-5-6-12-25;/h7-9,14,16H,4-6,10-13,15H2,1-3H3,(H,22,26)(H2,21,23,24);1H. The van der Waals surface area contributed by atoms with Crippen LogP contribution in [0.25, 0.3) is 0 Å². The minimum absolute atomic E-state index is 0. The summed E-state index contributed by atoms with van der Waals surface area (Å²) in [7, 11) is 1.61. The molecule has 8 heteroatoms. The molecule has 28 heavy (non-hydrogen) atoms. The molecule has 1 aromatic rings. The quantitative estimate of drug-likeness (QED) is 0.209. The molecule has 7 nitrogen and oxygen atoms in total. The predicted octanol–water partition coefficient (Wildman–Crippen LogP) is 2.28. The Morgan fingerprint density at radius 2 is 2.04 bits per heavy atom. The SMILES string of the molecule is CCNC(=NCC(=O)NCCOC)NC(C)c1cccc(N2CCCC2)c1.I. The highest BCUT2D eigenvalue weighted by atomic mass is 127. The lowest BCUT2D eigenvalue weighted by atomic mass is 10.1. The van der Waals surface area contributed by atoms with Gasteiger partial charge in [-0.1, -0.05) is 12.1 Å². The number of carbonyl (C=O) groups excluding carboxylic acids is 1. The van der Waals surface area contributed by atoms with Crippen LogP contribution in [0.1, 0.15) is 38.3 Å². The zero-order valence-corrected chi connectivity index (χ0v) is 19.5. The number of hydrogen-bond donors (Lipinski definition) is 3. The summed E-state index contributed by atoms with van der Waals surface area (Å²) < 4.78 is 4.93. The molecule has 1 fully saturated rings. The number of anilines is 1. The highest BCUT2D eigenvalue weighted by molar-refractivity contribution is 14.0. The Morgan fingerprint density at radius 3 is 2.71 bits per heavy atom. The first-order chi connectivity index (χ1) is 13.1. The highest BCUT2D eigenvalue weighted by Gasteiger charge is 2.14. The van der Waals surface area contributed by atoms with Crippen molar-refractivity contribution < 1.29 is 9.53 Å². The number of aliphatic imine (C=N–C) groups is 1. The first kappa shape index (κ1) is 24.5. The van der Waals surface area contributed by atoms with Crippen LogP contribution in [0.2, 0.25) is 0 Å². The van der Waals surface area contributed by atoms with Crippen LogP contribution in [0.5, 0.6) is 0 Å². The largest absolute Gasteiger partial charge is 0.383 e. The Labute approximate surface area is 185 Å². The smallest absolute Gasteiger partial charge is 0.241 e. The van der Waals surface area contributed by atoms with Gasteiger partial charge in [0.2, 0.25) is 5.91 Å². The third-order valence-electron chi connectivity index (χ3n) is 4.55. The van der Waals surface area contributed by atoms with Crippen molar-refractivity contribution in [3.63, 3.8) is 0 Å². The summed E-state index contributed by atoms with van der Waals surface area (Å²) in [6.07, 6.45) is 2.53. The third kappa shape index (κ3) is 8.22. The van der Waals surface area contributed by atoms with E-state index in [0.29, 0.717) is 19.1 Å². The normalized spacial score (nSPS) is 15.0. The summed E-state index contributed by atoms with van der Waals surface area (Å²) in [5, 5.41) is 9.36. The molecule has 158 valence electrons. The van der Waals surface area contributed by atoms with Crippen molar-refractivity contribution in [1.82, 2.24) is 16.0 Å². The molecule has 1 aromatic carbocycles. The average molecular weight is 503 g/mol. The number of rotatable bonds is 9. The van der Waals surface area contributed by atoms with Crippen molar-refractivity contribution in [3.8, 4) is 0 Å². The topological polar surface area (TPSA) is 78.0 Å². The van der Waals surface area contributed by atoms with E-state index in [1.807, 2.05) is 6.92 Å². The Bertz CT molecular complexity index is 620. The number of halogens is 1. The molecule has 0 aliphatic carbocycles. The Balaban J connectivity index is 0.00000392. The lowest BCUT2D eigenvalue weighted by Crippen LogP contribution is -2.40. The van der Waals surface area contributed by atoms with Gasteiger partial charge < -0.3 is 25.6 Å². The van der Waals surface area contributed by atoms with Gasteiger partial charge in [0, 0.05) is 39.0 Å². The predicted molar refractivity (Wildman–Crippen MR) is 126 cm³/mol. The van der Waals surface area contributed by atoms with Gasteiger partial charge in [0.25, 0.3) is 0 Å². The van der Waals surface area contributed by atoms with Gasteiger partial charge in [-0.3, -0.25) is 4.79 Å². The molecular weight excluding hydrogens is 469 g/mol. The van der Waals surface area contributed by atoms with Gasteiger partial charge in [0.05, 0.1) is 12.6 Å². The van der Waals surface area contributed by atoms with Crippen LogP contribution in [0.15, 0.2) is 29.3 Å². The summed E-state index contributed by atoms with van der Waals surface area (Å²) in [6.45, 7) is 8.19. The number of guanidine groups is 1. The Kier molecular flexibility index (Phi) is 11.9. The Morgan fingerprint density at radius 1 is 1.29 bits per heavy atom. The van der Waals surface area contributed by atoms with Gasteiger partial charge in [0.15, 0.2) is 5.96 Å². The summed E-state index contributed by atoms with van der Waals surface area (Å²) in [4.78, 5) is 18.7. The molecule has 1 unspecified atom stereocenters. The van der Waals surface area contributed by atoms with Crippen LogP contribution in [0, 0.1) is 0 Å². The van der Waals surface area contributed by atoms with E-state index in [0.717, 1.165) is 19.6 Å². The molecule has 1 saturated heterocycles. The summed E-state index contributed by atoms with van der Waals surface area (Å²) in [5.41, 5.74) is 2.48. The first-order valence-electron chi connectivity index (χ1n) is 9.79. The summed E-state index contributed by atoms with van der Waals surface area (Å²) >= 11 is 0. The van der Waals surface area contributed by atoms with Gasteiger partial charge in [0.1, 0.15) is 6.54 Å². The van der Waals surface area contributed by atoms with E-state index in [2.05, 4.69) is 57.0 Å². The minimum Gasteiger partial charge on any atom is -0.383 e. The summed E-state index contributed by atoms with van der Waals surface area (Å²) in [5.74, 6) is 0.520. The van der Waals surface area contributed by atoms with Crippen LogP contribution >= 0.6 is 24.0 Å². The molecule has 1 atom stereocenters. The maximum atomic E-state index is 11.8. The van der Waals surface area contributed by atoms with E-state index in [9.17, 15) is 4.79 Å². The van der Waals surface area contributed by atoms with E-state index in [4.69, 9.17) is 4.74 Å². The van der Waals surface area contributed by atoms with Crippen LogP contribution in [-0.4, -0.2) is 58.3 Å². The zero-order chi connectivity index (χ0) is 19.5. The van der Waals surface area contributed by atoms with Gasteiger partial charge in [-0.25, -0.2) is 4.99 Å². The number of nitrogens with one attached hydrogen (secondary N) is 3.